The number of rotatable bonds is 2. The predicted molar refractivity (Wildman–Crippen MR) is 106 cm³/mol. The zero-order chi connectivity index (χ0) is 19.0. The summed E-state index contributed by atoms with van der Waals surface area (Å²) in [6, 6.07) is 7.96. The van der Waals surface area contributed by atoms with Crippen LogP contribution < -0.4 is 5.32 Å². The summed E-state index contributed by atoms with van der Waals surface area (Å²) in [5.74, 6) is 1.17. The standard InChI is InChI=1S/C19H23N5O2S/c1-13-4-3-5-14(10-13)24-17(15-11-27-12-16(15)21-24)20-18(25)19(26)23-8-6-22(2)7-9-23/h3-5,10H,6-9,11-12H2,1-2H3,(H,20,25). The van der Waals surface area contributed by atoms with Crippen LogP contribution in [0.25, 0.3) is 5.69 Å². The number of piperazine rings is 1. The van der Waals surface area contributed by atoms with Crippen LogP contribution in [-0.2, 0) is 21.1 Å². The zero-order valence-corrected chi connectivity index (χ0v) is 16.4. The van der Waals surface area contributed by atoms with Gasteiger partial charge in [-0.2, -0.15) is 16.9 Å². The van der Waals surface area contributed by atoms with Crippen LogP contribution in [0.4, 0.5) is 5.82 Å². The van der Waals surface area contributed by atoms with E-state index in [1.807, 2.05) is 38.2 Å². The number of nitrogens with one attached hydrogen (secondary N) is 1. The molecule has 1 saturated heterocycles. The number of aryl methyl sites for hydroxylation is 1. The summed E-state index contributed by atoms with van der Waals surface area (Å²) >= 11 is 1.77. The molecule has 0 saturated carbocycles. The maximum atomic E-state index is 12.7. The minimum absolute atomic E-state index is 0.473. The molecule has 1 aromatic heterocycles. The first kappa shape index (κ1) is 18.1. The Labute approximate surface area is 162 Å². The maximum absolute atomic E-state index is 12.7. The van der Waals surface area contributed by atoms with Crippen molar-refractivity contribution in [3.63, 3.8) is 0 Å². The lowest BCUT2D eigenvalue weighted by Gasteiger charge is -2.31. The third-order valence-electron chi connectivity index (χ3n) is 5.01. The van der Waals surface area contributed by atoms with Crippen molar-refractivity contribution in [3.05, 3.63) is 41.1 Å². The molecule has 2 aliphatic heterocycles. The van der Waals surface area contributed by atoms with Gasteiger partial charge in [0.15, 0.2) is 0 Å². The molecule has 1 N–H and O–H groups in total. The number of carbonyl (C=O) groups is 2. The molecule has 0 spiro atoms. The summed E-state index contributed by atoms with van der Waals surface area (Å²) in [4.78, 5) is 29.0. The highest BCUT2D eigenvalue weighted by atomic mass is 32.2. The Bertz CT molecular complexity index is 886. The highest BCUT2D eigenvalue weighted by molar-refractivity contribution is 7.98. The first-order valence-corrected chi connectivity index (χ1v) is 10.2. The summed E-state index contributed by atoms with van der Waals surface area (Å²) in [7, 11) is 2.02. The minimum Gasteiger partial charge on any atom is -0.332 e. The first-order chi connectivity index (χ1) is 13.0. The van der Waals surface area contributed by atoms with Crippen LogP contribution >= 0.6 is 11.8 Å². The highest BCUT2D eigenvalue weighted by Crippen LogP contribution is 2.36. The van der Waals surface area contributed by atoms with Gasteiger partial charge in [0, 0.05) is 43.2 Å². The minimum atomic E-state index is -0.590. The average molecular weight is 385 g/mol. The molecule has 2 aliphatic rings. The lowest BCUT2D eigenvalue weighted by Crippen LogP contribution is -2.50. The lowest BCUT2D eigenvalue weighted by molar-refractivity contribution is -0.144. The molecule has 142 valence electrons. The van der Waals surface area contributed by atoms with Crippen LogP contribution in [0.1, 0.15) is 16.8 Å². The number of hydrogen-bond acceptors (Lipinski definition) is 5. The summed E-state index contributed by atoms with van der Waals surface area (Å²) in [6.45, 7) is 4.74. The van der Waals surface area contributed by atoms with Gasteiger partial charge in [-0.3, -0.25) is 9.59 Å². The predicted octanol–water partition coefficient (Wildman–Crippen LogP) is 1.64. The molecule has 4 rings (SSSR count). The Morgan fingerprint density at radius 1 is 1.15 bits per heavy atom. The molecule has 27 heavy (non-hydrogen) atoms. The van der Waals surface area contributed by atoms with Crippen molar-refractivity contribution in [3.8, 4) is 5.69 Å². The number of aromatic nitrogens is 2. The fourth-order valence-electron chi connectivity index (χ4n) is 3.40. The van der Waals surface area contributed by atoms with E-state index < -0.39 is 11.8 Å². The smallest absolute Gasteiger partial charge is 0.315 e. The normalized spacial score (nSPS) is 17.0. The number of carbonyl (C=O) groups excluding carboxylic acids is 2. The van der Waals surface area contributed by atoms with Crippen LogP contribution in [0, 0.1) is 6.92 Å². The van der Waals surface area contributed by atoms with E-state index in [0.717, 1.165) is 47.1 Å². The Morgan fingerprint density at radius 2 is 1.93 bits per heavy atom. The van der Waals surface area contributed by atoms with Gasteiger partial charge in [-0.25, -0.2) is 4.68 Å². The summed E-state index contributed by atoms with van der Waals surface area (Å²) in [6.07, 6.45) is 0. The lowest BCUT2D eigenvalue weighted by atomic mass is 10.2. The van der Waals surface area contributed by atoms with E-state index in [2.05, 4.69) is 15.3 Å². The third-order valence-corrected chi connectivity index (χ3v) is 5.99. The zero-order valence-electron chi connectivity index (χ0n) is 15.6. The van der Waals surface area contributed by atoms with Gasteiger partial charge in [-0.05, 0) is 31.7 Å². The van der Waals surface area contributed by atoms with E-state index in [0.29, 0.717) is 18.9 Å². The summed E-state index contributed by atoms with van der Waals surface area (Å²) in [5.41, 5.74) is 3.99. The molecule has 0 aliphatic carbocycles. The largest absolute Gasteiger partial charge is 0.332 e. The number of likely N-dealkylation sites (N-methyl/N-ethyl adjacent to an activating group) is 1. The maximum Gasteiger partial charge on any atom is 0.315 e. The van der Waals surface area contributed by atoms with Crippen molar-refractivity contribution in [1.82, 2.24) is 19.6 Å². The van der Waals surface area contributed by atoms with E-state index in [-0.39, 0.29) is 0 Å². The van der Waals surface area contributed by atoms with Gasteiger partial charge in [-0.15, -0.1) is 0 Å². The summed E-state index contributed by atoms with van der Waals surface area (Å²) < 4.78 is 1.76. The van der Waals surface area contributed by atoms with Crippen LogP contribution in [0.3, 0.4) is 0 Å². The number of anilines is 1. The quantitative estimate of drug-likeness (QED) is 0.796. The van der Waals surface area contributed by atoms with Crippen LogP contribution in [0.5, 0.6) is 0 Å². The Hall–Kier alpha value is -2.32. The fourth-order valence-corrected chi connectivity index (χ4v) is 4.44. The van der Waals surface area contributed by atoms with Crippen molar-refractivity contribution in [1.29, 1.82) is 0 Å². The van der Waals surface area contributed by atoms with Gasteiger partial charge in [0.05, 0.1) is 11.4 Å². The van der Waals surface area contributed by atoms with Crippen molar-refractivity contribution in [2.45, 2.75) is 18.4 Å². The number of nitrogens with zero attached hydrogens (tertiary/aromatic N) is 4. The number of amides is 2. The third kappa shape index (κ3) is 3.59. The van der Waals surface area contributed by atoms with Crippen LogP contribution in [0.15, 0.2) is 24.3 Å². The van der Waals surface area contributed by atoms with Crippen LogP contribution in [-0.4, -0.2) is 64.6 Å². The van der Waals surface area contributed by atoms with E-state index in [4.69, 9.17) is 0 Å². The molecule has 0 bridgehead atoms. The highest BCUT2D eigenvalue weighted by Gasteiger charge is 2.29. The van der Waals surface area contributed by atoms with Gasteiger partial charge in [0.2, 0.25) is 0 Å². The van der Waals surface area contributed by atoms with Crippen molar-refractivity contribution in [2.75, 3.05) is 38.5 Å². The molecule has 7 nitrogen and oxygen atoms in total. The van der Waals surface area contributed by atoms with Gasteiger partial charge in [-0.1, -0.05) is 12.1 Å². The molecule has 0 atom stereocenters. The van der Waals surface area contributed by atoms with Crippen molar-refractivity contribution in [2.24, 2.45) is 0 Å². The molecule has 1 aromatic carbocycles. The molecule has 0 radical (unpaired) electrons. The number of fused-ring (bicyclic) bond motifs is 1. The van der Waals surface area contributed by atoms with E-state index in [1.54, 1.807) is 21.3 Å². The topological polar surface area (TPSA) is 70.5 Å². The molecule has 2 amide bonds. The molecule has 0 unspecified atom stereocenters. The van der Waals surface area contributed by atoms with Gasteiger partial charge in [0.25, 0.3) is 0 Å². The molecule has 8 heteroatoms. The molecule has 1 fully saturated rings. The number of benzene rings is 1. The second-order valence-corrected chi connectivity index (χ2v) is 8.05. The monoisotopic (exact) mass is 385 g/mol. The molecule has 2 aromatic rings. The van der Waals surface area contributed by atoms with E-state index in [9.17, 15) is 9.59 Å². The second kappa shape index (κ2) is 7.36. The second-order valence-electron chi connectivity index (χ2n) is 7.07. The Balaban J connectivity index is 1.60. The SMILES string of the molecule is Cc1cccc(-n2nc3c(c2NC(=O)C(=O)N2CCN(C)CC2)CSC3)c1. The first-order valence-electron chi connectivity index (χ1n) is 9.07. The number of hydrogen-bond donors (Lipinski definition) is 1. The van der Waals surface area contributed by atoms with E-state index in [1.165, 1.54) is 0 Å². The van der Waals surface area contributed by atoms with Gasteiger partial charge < -0.3 is 15.1 Å². The Morgan fingerprint density at radius 3 is 2.67 bits per heavy atom. The Kier molecular flexibility index (Phi) is 4.92. The van der Waals surface area contributed by atoms with Crippen LogP contribution in [0.2, 0.25) is 0 Å². The van der Waals surface area contributed by atoms with Crippen molar-refractivity contribution >= 4 is 29.4 Å². The van der Waals surface area contributed by atoms with E-state index >= 15 is 0 Å². The van der Waals surface area contributed by atoms with Crippen molar-refractivity contribution < 1.29 is 9.59 Å². The molecular formula is C19H23N5O2S. The van der Waals surface area contributed by atoms with Gasteiger partial charge in [0.1, 0.15) is 5.82 Å². The molecular weight excluding hydrogens is 362 g/mol. The average Bonchev–Trinajstić information content (AvgIpc) is 3.24. The van der Waals surface area contributed by atoms with Gasteiger partial charge >= 0.3 is 11.8 Å². The fraction of sp³-hybridized carbons (Fsp3) is 0.421. The molecule has 3 heterocycles. The number of thioether (sulfide) groups is 1. The summed E-state index contributed by atoms with van der Waals surface area (Å²) in [5, 5.41) is 7.55.